The molecule has 0 radical (unpaired) electrons. The summed E-state index contributed by atoms with van der Waals surface area (Å²) < 4.78 is 3.26. The van der Waals surface area contributed by atoms with Gasteiger partial charge < -0.3 is 0 Å². The van der Waals surface area contributed by atoms with Crippen molar-refractivity contribution in [3.63, 3.8) is 0 Å². The van der Waals surface area contributed by atoms with Crippen LogP contribution in [0.5, 0.6) is 0 Å². The molecule has 1 aromatic rings. The molecule has 0 fully saturated rings. The van der Waals surface area contributed by atoms with E-state index in [1.165, 1.54) is 18.5 Å². The van der Waals surface area contributed by atoms with Gasteiger partial charge >= 0.3 is 0 Å². The summed E-state index contributed by atoms with van der Waals surface area (Å²) in [4.78, 5) is 0. The molecule has 0 amide bonds. The summed E-state index contributed by atoms with van der Waals surface area (Å²) in [5.74, 6) is 0.680. The van der Waals surface area contributed by atoms with E-state index in [1.807, 2.05) is 6.92 Å². The minimum absolute atomic E-state index is 0.680. The molecule has 2 nitrogen and oxygen atoms in total. The molecule has 0 spiro atoms. The maximum Gasteiger partial charge on any atom is 0.0738 e. The fourth-order valence-electron chi connectivity index (χ4n) is 1.72. The maximum atomic E-state index is 4.53. The van der Waals surface area contributed by atoms with Gasteiger partial charge in [0.2, 0.25) is 0 Å². The maximum absolute atomic E-state index is 4.53. The van der Waals surface area contributed by atoms with Crippen molar-refractivity contribution in [3.05, 3.63) is 15.9 Å². The Morgan fingerprint density at radius 3 is 2.47 bits per heavy atom. The topological polar surface area (TPSA) is 17.8 Å². The summed E-state index contributed by atoms with van der Waals surface area (Å²) in [6.07, 6.45) is 2.48. The quantitative estimate of drug-likeness (QED) is 0.740. The molecule has 0 saturated heterocycles. The van der Waals surface area contributed by atoms with Gasteiger partial charge in [-0.25, -0.2) is 0 Å². The first-order valence-electron chi connectivity index (χ1n) is 5.35. The third-order valence-electron chi connectivity index (χ3n) is 2.64. The van der Waals surface area contributed by atoms with Gasteiger partial charge in [-0.05, 0) is 42.1 Å². The average molecular weight is 338 g/mol. The second-order valence-electron chi connectivity index (χ2n) is 3.98. The van der Waals surface area contributed by atoms with Crippen LogP contribution in [0.1, 0.15) is 31.2 Å². The number of aromatic nitrogens is 2. The summed E-state index contributed by atoms with van der Waals surface area (Å²) in [5, 5.41) is 5.58. The highest BCUT2D eigenvalue weighted by Crippen LogP contribution is 2.22. The van der Waals surface area contributed by atoms with Gasteiger partial charge in [-0.2, -0.15) is 5.10 Å². The van der Waals surface area contributed by atoms with Crippen LogP contribution in [0, 0.1) is 19.8 Å². The Kier molecular flexibility index (Phi) is 5.33. The lowest BCUT2D eigenvalue weighted by molar-refractivity contribution is 0.422. The summed E-state index contributed by atoms with van der Waals surface area (Å²) in [6, 6.07) is 0. The standard InChI is InChI=1S/C11H18Br2N2/c1-4-5-10(6-12)7-15-9(3)11(13)8(2)14-15/h10H,4-7H2,1-3H3. The number of alkyl halides is 1. The Hall–Kier alpha value is 0.170. The molecule has 86 valence electrons. The molecule has 15 heavy (non-hydrogen) atoms. The fraction of sp³-hybridized carbons (Fsp3) is 0.727. The molecule has 1 aromatic heterocycles. The number of hydrogen-bond donors (Lipinski definition) is 0. The van der Waals surface area contributed by atoms with Crippen molar-refractivity contribution in [1.82, 2.24) is 9.78 Å². The van der Waals surface area contributed by atoms with E-state index in [1.54, 1.807) is 0 Å². The van der Waals surface area contributed by atoms with E-state index in [2.05, 4.69) is 55.5 Å². The van der Waals surface area contributed by atoms with Gasteiger partial charge in [-0.3, -0.25) is 4.68 Å². The minimum atomic E-state index is 0.680. The number of nitrogens with zero attached hydrogens (tertiary/aromatic N) is 2. The van der Waals surface area contributed by atoms with Crippen LogP contribution in [0.3, 0.4) is 0 Å². The van der Waals surface area contributed by atoms with E-state index in [4.69, 9.17) is 0 Å². The molecule has 1 unspecified atom stereocenters. The summed E-state index contributed by atoms with van der Waals surface area (Å²) >= 11 is 7.13. The van der Waals surface area contributed by atoms with Crippen LogP contribution in [-0.4, -0.2) is 15.1 Å². The fourth-order valence-corrected chi connectivity index (χ4v) is 2.54. The molecule has 0 saturated carbocycles. The SMILES string of the molecule is CCCC(CBr)Cn1nc(C)c(Br)c1C. The first-order chi connectivity index (χ1) is 7.10. The van der Waals surface area contributed by atoms with E-state index in [0.29, 0.717) is 5.92 Å². The number of hydrogen-bond acceptors (Lipinski definition) is 1. The van der Waals surface area contributed by atoms with Crippen LogP contribution in [-0.2, 0) is 6.54 Å². The first-order valence-corrected chi connectivity index (χ1v) is 7.27. The molecule has 4 heteroatoms. The van der Waals surface area contributed by atoms with E-state index in [9.17, 15) is 0 Å². The molecular weight excluding hydrogens is 320 g/mol. The van der Waals surface area contributed by atoms with E-state index < -0.39 is 0 Å². The molecule has 1 atom stereocenters. The van der Waals surface area contributed by atoms with E-state index in [0.717, 1.165) is 22.0 Å². The highest BCUT2D eigenvalue weighted by atomic mass is 79.9. The smallest absolute Gasteiger partial charge is 0.0738 e. The van der Waals surface area contributed by atoms with Gasteiger partial charge in [0.1, 0.15) is 0 Å². The largest absolute Gasteiger partial charge is 0.268 e. The predicted molar refractivity (Wildman–Crippen MR) is 71.6 cm³/mol. The van der Waals surface area contributed by atoms with Gasteiger partial charge in [-0.1, -0.05) is 29.3 Å². The first kappa shape index (κ1) is 13.2. The van der Waals surface area contributed by atoms with Gasteiger partial charge in [0, 0.05) is 17.6 Å². The molecule has 0 bridgehead atoms. The van der Waals surface area contributed by atoms with Crippen molar-refractivity contribution in [2.45, 2.75) is 40.2 Å². The molecule has 1 heterocycles. The van der Waals surface area contributed by atoms with Crippen LogP contribution < -0.4 is 0 Å². The predicted octanol–water partition coefficient (Wildman–Crippen LogP) is 4.07. The zero-order chi connectivity index (χ0) is 11.4. The minimum Gasteiger partial charge on any atom is -0.268 e. The molecule has 0 N–H and O–H groups in total. The third-order valence-corrected chi connectivity index (χ3v) is 4.70. The van der Waals surface area contributed by atoms with Crippen LogP contribution >= 0.6 is 31.9 Å². The monoisotopic (exact) mass is 336 g/mol. The summed E-state index contributed by atoms with van der Waals surface area (Å²) in [7, 11) is 0. The Labute approximate surface area is 109 Å². The van der Waals surface area contributed by atoms with Crippen LogP contribution in [0.15, 0.2) is 4.47 Å². The van der Waals surface area contributed by atoms with Crippen molar-refractivity contribution < 1.29 is 0 Å². The highest BCUT2D eigenvalue weighted by molar-refractivity contribution is 9.10. The molecule has 0 aliphatic heterocycles. The summed E-state index contributed by atoms with van der Waals surface area (Å²) in [6.45, 7) is 7.39. The van der Waals surface area contributed by atoms with Crippen molar-refractivity contribution in [2.24, 2.45) is 5.92 Å². The average Bonchev–Trinajstić information content (AvgIpc) is 2.46. The lowest BCUT2D eigenvalue weighted by Gasteiger charge is -2.14. The third kappa shape index (κ3) is 3.31. The number of halogens is 2. The second-order valence-corrected chi connectivity index (χ2v) is 5.42. The van der Waals surface area contributed by atoms with Crippen LogP contribution in [0.25, 0.3) is 0 Å². The van der Waals surface area contributed by atoms with Crippen molar-refractivity contribution in [1.29, 1.82) is 0 Å². The van der Waals surface area contributed by atoms with Gasteiger partial charge in [0.15, 0.2) is 0 Å². The van der Waals surface area contributed by atoms with Crippen molar-refractivity contribution in [2.75, 3.05) is 5.33 Å². The van der Waals surface area contributed by atoms with Gasteiger partial charge in [0.25, 0.3) is 0 Å². The molecule has 0 aliphatic carbocycles. The lowest BCUT2D eigenvalue weighted by Crippen LogP contribution is -2.14. The molecule has 0 aliphatic rings. The Morgan fingerprint density at radius 2 is 2.07 bits per heavy atom. The zero-order valence-electron chi connectivity index (χ0n) is 9.56. The van der Waals surface area contributed by atoms with Crippen LogP contribution in [0.4, 0.5) is 0 Å². The Morgan fingerprint density at radius 1 is 1.40 bits per heavy atom. The lowest BCUT2D eigenvalue weighted by atomic mass is 10.1. The van der Waals surface area contributed by atoms with Crippen molar-refractivity contribution in [3.8, 4) is 0 Å². The highest BCUT2D eigenvalue weighted by Gasteiger charge is 2.12. The second kappa shape index (κ2) is 6.04. The zero-order valence-corrected chi connectivity index (χ0v) is 12.7. The van der Waals surface area contributed by atoms with Gasteiger partial charge in [-0.15, -0.1) is 0 Å². The summed E-state index contributed by atoms with van der Waals surface area (Å²) in [5.41, 5.74) is 2.31. The molecule has 1 rings (SSSR count). The van der Waals surface area contributed by atoms with Gasteiger partial charge in [0.05, 0.1) is 10.2 Å². The van der Waals surface area contributed by atoms with Crippen molar-refractivity contribution >= 4 is 31.9 Å². The van der Waals surface area contributed by atoms with E-state index >= 15 is 0 Å². The Bertz CT molecular complexity index is 321. The van der Waals surface area contributed by atoms with Crippen LogP contribution in [0.2, 0.25) is 0 Å². The number of rotatable bonds is 5. The molecular formula is C11H18Br2N2. The Balaban J connectivity index is 2.74. The number of aryl methyl sites for hydroxylation is 1. The molecule has 0 aromatic carbocycles. The van der Waals surface area contributed by atoms with E-state index in [-0.39, 0.29) is 0 Å². The normalized spacial score (nSPS) is 13.1.